The highest BCUT2D eigenvalue weighted by atomic mass is 19.4. The van der Waals surface area contributed by atoms with Gasteiger partial charge in [-0.25, -0.2) is 0 Å². The fraction of sp³-hybridized carbons (Fsp3) is 0.0833. The van der Waals surface area contributed by atoms with E-state index in [1.54, 1.807) is 49.5 Å². The Morgan fingerprint density at radius 1 is 0.844 bits per heavy atom. The highest BCUT2D eigenvalue weighted by Gasteiger charge is 2.31. The molecule has 8 heteroatoms. The predicted molar refractivity (Wildman–Crippen MR) is 114 cm³/mol. The van der Waals surface area contributed by atoms with Crippen molar-refractivity contribution in [3.05, 3.63) is 101 Å². The van der Waals surface area contributed by atoms with Gasteiger partial charge in [0.1, 0.15) is 0 Å². The number of hydrogen-bond acceptors (Lipinski definition) is 4. The van der Waals surface area contributed by atoms with Crippen molar-refractivity contribution in [3.8, 4) is 0 Å². The number of halogens is 3. The lowest BCUT2D eigenvalue weighted by Crippen LogP contribution is -2.16. The smallest absolute Gasteiger partial charge is 0.322 e. The Balaban J connectivity index is 1.59. The van der Waals surface area contributed by atoms with Crippen molar-refractivity contribution in [2.45, 2.75) is 13.1 Å². The lowest BCUT2D eigenvalue weighted by Gasteiger charge is -2.12. The number of amides is 1. The standard InChI is InChI=1S/C24H16F3N3O2/c1-14-5-7-17(24(25,26)27)13-19(14)23(32)30-18-4-2-3-15(11-18)22(31)16-6-8-20-21(12-16)29-10-9-28-20/h2-13H,1H3,(H,30,32). The summed E-state index contributed by atoms with van der Waals surface area (Å²) in [5, 5.41) is 2.57. The van der Waals surface area contributed by atoms with Crippen LogP contribution in [0, 0.1) is 6.92 Å². The number of aryl methyl sites for hydroxylation is 1. The van der Waals surface area contributed by atoms with Crippen LogP contribution in [0.5, 0.6) is 0 Å². The molecular weight excluding hydrogens is 419 g/mol. The van der Waals surface area contributed by atoms with E-state index in [4.69, 9.17) is 0 Å². The molecule has 1 heterocycles. The van der Waals surface area contributed by atoms with Crippen molar-refractivity contribution < 1.29 is 22.8 Å². The first kappa shape index (κ1) is 21.2. The molecule has 0 aliphatic heterocycles. The molecule has 4 aromatic rings. The Hall–Kier alpha value is -4.07. The predicted octanol–water partition coefficient (Wildman–Crippen LogP) is 5.44. The summed E-state index contributed by atoms with van der Waals surface area (Å²) in [5.41, 5.74) is 1.63. The van der Waals surface area contributed by atoms with Gasteiger partial charge in [0.25, 0.3) is 5.91 Å². The summed E-state index contributed by atoms with van der Waals surface area (Å²) in [5.74, 6) is -0.983. The van der Waals surface area contributed by atoms with Crippen molar-refractivity contribution in [3.63, 3.8) is 0 Å². The molecule has 0 bridgehead atoms. The van der Waals surface area contributed by atoms with E-state index in [0.717, 1.165) is 12.1 Å². The lowest BCUT2D eigenvalue weighted by atomic mass is 10.0. The number of carbonyl (C=O) groups is 2. The van der Waals surface area contributed by atoms with Crippen LogP contribution in [0.1, 0.15) is 37.4 Å². The Kier molecular flexibility index (Phi) is 5.44. The van der Waals surface area contributed by atoms with Crippen molar-refractivity contribution in [2.24, 2.45) is 0 Å². The highest BCUT2D eigenvalue weighted by molar-refractivity contribution is 6.11. The van der Waals surface area contributed by atoms with Gasteiger partial charge in [0.2, 0.25) is 0 Å². The Morgan fingerprint density at radius 2 is 1.56 bits per heavy atom. The average molecular weight is 435 g/mol. The fourth-order valence-corrected chi connectivity index (χ4v) is 3.25. The molecule has 0 saturated heterocycles. The van der Waals surface area contributed by atoms with Gasteiger partial charge in [-0.2, -0.15) is 13.2 Å². The normalized spacial score (nSPS) is 11.4. The van der Waals surface area contributed by atoms with E-state index < -0.39 is 17.6 Å². The SMILES string of the molecule is Cc1ccc(C(F)(F)F)cc1C(=O)Nc1cccc(C(=O)c2ccc3nccnc3c2)c1. The molecule has 32 heavy (non-hydrogen) atoms. The molecule has 0 unspecified atom stereocenters. The second-order valence-electron chi connectivity index (χ2n) is 7.15. The zero-order valence-corrected chi connectivity index (χ0v) is 16.8. The van der Waals surface area contributed by atoms with Gasteiger partial charge in [0.15, 0.2) is 5.78 Å². The maximum absolute atomic E-state index is 13.0. The van der Waals surface area contributed by atoms with Gasteiger partial charge in [-0.3, -0.25) is 19.6 Å². The van der Waals surface area contributed by atoms with Crippen molar-refractivity contribution in [1.82, 2.24) is 9.97 Å². The third kappa shape index (κ3) is 4.34. The fourth-order valence-electron chi connectivity index (χ4n) is 3.25. The van der Waals surface area contributed by atoms with Crippen LogP contribution in [0.3, 0.4) is 0 Å². The van der Waals surface area contributed by atoms with E-state index in [1.807, 2.05) is 0 Å². The van der Waals surface area contributed by atoms with Crippen LogP contribution in [-0.4, -0.2) is 21.7 Å². The number of nitrogens with one attached hydrogen (secondary N) is 1. The van der Waals surface area contributed by atoms with Gasteiger partial charge >= 0.3 is 6.18 Å². The molecule has 1 amide bonds. The molecule has 0 aliphatic rings. The Labute approximate surface area is 180 Å². The van der Waals surface area contributed by atoms with Crippen molar-refractivity contribution >= 4 is 28.4 Å². The van der Waals surface area contributed by atoms with E-state index in [0.29, 0.717) is 33.4 Å². The van der Waals surface area contributed by atoms with Crippen LogP contribution in [0.15, 0.2) is 73.1 Å². The number of carbonyl (C=O) groups excluding carboxylic acids is 2. The third-order valence-electron chi connectivity index (χ3n) is 4.92. The summed E-state index contributed by atoms with van der Waals surface area (Å²) in [4.78, 5) is 33.9. The first-order valence-corrected chi connectivity index (χ1v) is 9.57. The Morgan fingerprint density at radius 3 is 2.31 bits per heavy atom. The maximum atomic E-state index is 13.0. The van der Waals surface area contributed by atoms with E-state index >= 15 is 0 Å². The van der Waals surface area contributed by atoms with E-state index in [1.165, 1.54) is 18.3 Å². The minimum atomic E-state index is -4.56. The number of rotatable bonds is 4. The van der Waals surface area contributed by atoms with Gasteiger partial charge in [-0.1, -0.05) is 18.2 Å². The van der Waals surface area contributed by atoms with Gasteiger partial charge in [0, 0.05) is 34.8 Å². The largest absolute Gasteiger partial charge is 0.416 e. The zero-order chi connectivity index (χ0) is 22.9. The van der Waals surface area contributed by atoms with Gasteiger partial charge in [0.05, 0.1) is 16.6 Å². The van der Waals surface area contributed by atoms with Gasteiger partial charge in [-0.05, 0) is 55.0 Å². The average Bonchev–Trinajstić information content (AvgIpc) is 2.78. The molecule has 4 rings (SSSR count). The quantitative estimate of drug-likeness (QED) is 0.433. The Bertz CT molecular complexity index is 1350. The number of anilines is 1. The number of aromatic nitrogens is 2. The number of hydrogen-bond donors (Lipinski definition) is 1. The molecule has 1 aromatic heterocycles. The molecule has 0 fully saturated rings. The number of benzene rings is 3. The molecule has 5 nitrogen and oxygen atoms in total. The third-order valence-corrected chi connectivity index (χ3v) is 4.92. The lowest BCUT2D eigenvalue weighted by molar-refractivity contribution is -0.137. The molecule has 3 aromatic carbocycles. The number of fused-ring (bicyclic) bond motifs is 1. The molecule has 0 aliphatic carbocycles. The summed E-state index contributed by atoms with van der Waals surface area (Å²) < 4.78 is 39.0. The molecular formula is C24H16F3N3O2. The molecule has 0 atom stereocenters. The van der Waals surface area contributed by atoms with Crippen LogP contribution in [0.4, 0.5) is 18.9 Å². The topological polar surface area (TPSA) is 72.0 Å². The van der Waals surface area contributed by atoms with Gasteiger partial charge in [-0.15, -0.1) is 0 Å². The minimum absolute atomic E-state index is 0.0929. The number of ketones is 1. The second kappa shape index (κ2) is 8.22. The van der Waals surface area contributed by atoms with Crippen LogP contribution >= 0.6 is 0 Å². The number of alkyl halides is 3. The van der Waals surface area contributed by atoms with Crippen LogP contribution in [-0.2, 0) is 6.18 Å². The van der Waals surface area contributed by atoms with Crippen LogP contribution in [0.2, 0.25) is 0 Å². The highest BCUT2D eigenvalue weighted by Crippen LogP contribution is 2.30. The molecule has 0 saturated carbocycles. The summed E-state index contributed by atoms with van der Waals surface area (Å²) >= 11 is 0. The number of nitrogens with zero attached hydrogens (tertiary/aromatic N) is 2. The molecule has 160 valence electrons. The zero-order valence-electron chi connectivity index (χ0n) is 16.8. The first-order chi connectivity index (χ1) is 15.2. The molecule has 0 spiro atoms. The minimum Gasteiger partial charge on any atom is -0.322 e. The molecule has 1 N–H and O–H groups in total. The molecule has 0 radical (unpaired) electrons. The van der Waals surface area contributed by atoms with E-state index in [9.17, 15) is 22.8 Å². The van der Waals surface area contributed by atoms with E-state index in [-0.39, 0.29) is 11.3 Å². The van der Waals surface area contributed by atoms with Gasteiger partial charge < -0.3 is 5.32 Å². The summed E-state index contributed by atoms with van der Waals surface area (Å²) in [6, 6.07) is 14.2. The van der Waals surface area contributed by atoms with Crippen molar-refractivity contribution in [2.75, 3.05) is 5.32 Å². The van der Waals surface area contributed by atoms with E-state index in [2.05, 4.69) is 15.3 Å². The van der Waals surface area contributed by atoms with Crippen LogP contribution in [0.25, 0.3) is 11.0 Å². The van der Waals surface area contributed by atoms with Crippen molar-refractivity contribution in [1.29, 1.82) is 0 Å². The monoisotopic (exact) mass is 435 g/mol. The first-order valence-electron chi connectivity index (χ1n) is 9.57. The maximum Gasteiger partial charge on any atom is 0.416 e. The summed E-state index contributed by atoms with van der Waals surface area (Å²) in [6.07, 6.45) is -1.47. The summed E-state index contributed by atoms with van der Waals surface area (Å²) in [7, 11) is 0. The van der Waals surface area contributed by atoms with Crippen LogP contribution < -0.4 is 5.32 Å². The second-order valence-corrected chi connectivity index (χ2v) is 7.15. The summed E-state index contributed by atoms with van der Waals surface area (Å²) in [6.45, 7) is 1.55.